The molecule has 8 heteroatoms. The fourth-order valence-corrected chi connectivity index (χ4v) is 2.95. The molecule has 1 saturated heterocycles. The van der Waals surface area contributed by atoms with Gasteiger partial charge in [0.15, 0.2) is 5.79 Å². The van der Waals surface area contributed by atoms with Gasteiger partial charge in [0.1, 0.15) is 18.5 Å². The fourth-order valence-electron chi connectivity index (χ4n) is 2.95. The number of furan rings is 1. The molecular formula is C17H22N2O6. The van der Waals surface area contributed by atoms with Gasteiger partial charge in [-0.25, -0.2) is 10.2 Å². The normalized spacial score (nSPS) is 22.2. The van der Waals surface area contributed by atoms with Crippen LogP contribution in [0.1, 0.15) is 37.9 Å². The van der Waals surface area contributed by atoms with E-state index in [2.05, 4.69) is 10.9 Å². The monoisotopic (exact) mass is 350 g/mol. The average Bonchev–Trinajstić information content (AvgIpc) is 3.27. The average molecular weight is 350 g/mol. The molecule has 0 bridgehead atoms. The van der Waals surface area contributed by atoms with Gasteiger partial charge in [0.05, 0.1) is 12.9 Å². The maximum Gasteiger partial charge on any atom is 0.426 e. The van der Waals surface area contributed by atoms with Crippen LogP contribution in [-0.4, -0.2) is 37.1 Å². The van der Waals surface area contributed by atoms with Crippen LogP contribution in [0.4, 0.5) is 4.79 Å². The highest BCUT2D eigenvalue weighted by molar-refractivity contribution is 5.92. The van der Waals surface area contributed by atoms with Crippen molar-refractivity contribution in [2.75, 3.05) is 13.2 Å². The third-order valence-corrected chi connectivity index (χ3v) is 4.16. The van der Waals surface area contributed by atoms with Crippen molar-refractivity contribution in [2.24, 2.45) is 0 Å². The first-order chi connectivity index (χ1) is 12.2. The highest BCUT2D eigenvalue weighted by atomic mass is 16.8. The van der Waals surface area contributed by atoms with E-state index in [-0.39, 0.29) is 12.7 Å². The number of hydrazine groups is 1. The summed E-state index contributed by atoms with van der Waals surface area (Å²) in [6, 6.07) is 3.41. The van der Waals surface area contributed by atoms with Crippen LogP contribution in [0.15, 0.2) is 28.9 Å². The summed E-state index contributed by atoms with van der Waals surface area (Å²) < 4.78 is 21.8. The second-order valence-electron chi connectivity index (χ2n) is 6.08. The van der Waals surface area contributed by atoms with Crippen molar-refractivity contribution in [3.63, 3.8) is 0 Å². The van der Waals surface area contributed by atoms with Crippen LogP contribution in [0, 0.1) is 0 Å². The summed E-state index contributed by atoms with van der Waals surface area (Å²) in [5.41, 5.74) is 4.38. The lowest BCUT2D eigenvalue weighted by Gasteiger charge is -2.31. The van der Waals surface area contributed by atoms with Gasteiger partial charge in [-0.3, -0.25) is 10.2 Å². The molecule has 1 unspecified atom stereocenters. The number of rotatable bonds is 4. The van der Waals surface area contributed by atoms with Crippen molar-refractivity contribution in [2.45, 2.75) is 44.0 Å². The molecule has 1 spiro atoms. The smallest absolute Gasteiger partial charge is 0.426 e. The molecule has 2 fully saturated rings. The summed E-state index contributed by atoms with van der Waals surface area (Å²) in [5.74, 6) is -0.462. The second-order valence-corrected chi connectivity index (χ2v) is 6.08. The van der Waals surface area contributed by atoms with E-state index in [1.54, 1.807) is 12.1 Å². The number of nitrogens with one attached hydrogen (secondary N) is 2. The zero-order valence-electron chi connectivity index (χ0n) is 13.9. The van der Waals surface area contributed by atoms with E-state index < -0.39 is 17.8 Å². The van der Waals surface area contributed by atoms with Crippen LogP contribution in [0.25, 0.3) is 6.08 Å². The molecule has 1 aromatic rings. The Morgan fingerprint density at radius 3 is 2.88 bits per heavy atom. The summed E-state index contributed by atoms with van der Waals surface area (Å²) in [6.07, 6.45) is 8.33. The van der Waals surface area contributed by atoms with E-state index in [1.165, 1.54) is 24.8 Å². The van der Waals surface area contributed by atoms with Crippen LogP contribution in [0.3, 0.4) is 0 Å². The number of carbonyl (C=O) groups excluding carboxylic acids is 2. The minimum Gasteiger partial charge on any atom is -0.465 e. The van der Waals surface area contributed by atoms with Crippen molar-refractivity contribution in [3.8, 4) is 0 Å². The number of hydrogen-bond donors (Lipinski definition) is 2. The second kappa shape index (κ2) is 8.17. The molecule has 1 aromatic heterocycles. The van der Waals surface area contributed by atoms with Gasteiger partial charge in [0, 0.05) is 18.9 Å². The maximum absolute atomic E-state index is 11.6. The summed E-state index contributed by atoms with van der Waals surface area (Å²) in [7, 11) is 0. The highest BCUT2D eigenvalue weighted by Crippen LogP contribution is 2.37. The van der Waals surface area contributed by atoms with Gasteiger partial charge in [0.25, 0.3) is 5.91 Å². The SMILES string of the molecule is O=C(C=Cc1ccco1)NNC(=O)OCC1COC2(CCCCC2)O1. The summed E-state index contributed by atoms with van der Waals surface area (Å²) in [4.78, 5) is 23.2. The van der Waals surface area contributed by atoms with Crippen LogP contribution in [-0.2, 0) is 19.0 Å². The summed E-state index contributed by atoms with van der Waals surface area (Å²) in [5, 5.41) is 0. The van der Waals surface area contributed by atoms with Crippen LogP contribution in [0.5, 0.6) is 0 Å². The molecule has 1 aliphatic carbocycles. The highest BCUT2D eigenvalue weighted by Gasteiger charge is 2.42. The Morgan fingerprint density at radius 2 is 2.12 bits per heavy atom. The lowest BCUT2D eigenvalue weighted by atomic mass is 9.94. The van der Waals surface area contributed by atoms with E-state index in [1.807, 2.05) is 0 Å². The molecule has 2 aliphatic rings. The van der Waals surface area contributed by atoms with E-state index in [0.717, 1.165) is 25.7 Å². The molecule has 2 amide bonds. The molecule has 0 aromatic carbocycles. The minimum absolute atomic E-state index is 0.0751. The first-order valence-electron chi connectivity index (χ1n) is 8.41. The summed E-state index contributed by atoms with van der Waals surface area (Å²) in [6.45, 7) is 0.483. The first kappa shape index (κ1) is 17.5. The van der Waals surface area contributed by atoms with Crippen molar-refractivity contribution in [1.29, 1.82) is 0 Å². The van der Waals surface area contributed by atoms with Crippen LogP contribution < -0.4 is 10.9 Å². The number of hydrogen-bond acceptors (Lipinski definition) is 6. The van der Waals surface area contributed by atoms with Crippen molar-refractivity contribution in [3.05, 3.63) is 30.2 Å². The molecule has 136 valence electrons. The van der Waals surface area contributed by atoms with Crippen molar-refractivity contribution < 1.29 is 28.2 Å². The van der Waals surface area contributed by atoms with Gasteiger partial charge in [-0.15, -0.1) is 0 Å². The molecule has 1 aliphatic heterocycles. The Labute approximate surface area is 145 Å². The van der Waals surface area contributed by atoms with Gasteiger partial charge >= 0.3 is 6.09 Å². The molecule has 2 heterocycles. The topological polar surface area (TPSA) is 99.0 Å². The van der Waals surface area contributed by atoms with E-state index in [0.29, 0.717) is 12.4 Å². The van der Waals surface area contributed by atoms with Gasteiger partial charge in [0.2, 0.25) is 0 Å². The molecule has 1 saturated carbocycles. The van der Waals surface area contributed by atoms with Gasteiger partial charge in [-0.05, 0) is 31.1 Å². The Morgan fingerprint density at radius 1 is 1.28 bits per heavy atom. The van der Waals surface area contributed by atoms with Crippen LogP contribution >= 0.6 is 0 Å². The van der Waals surface area contributed by atoms with E-state index in [4.69, 9.17) is 18.6 Å². The first-order valence-corrected chi connectivity index (χ1v) is 8.41. The van der Waals surface area contributed by atoms with Crippen molar-refractivity contribution >= 4 is 18.1 Å². The van der Waals surface area contributed by atoms with E-state index >= 15 is 0 Å². The lowest BCUT2D eigenvalue weighted by Crippen LogP contribution is -2.42. The number of amides is 2. The van der Waals surface area contributed by atoms with Gasteiger partial charge < -0.3 is 18.6 Å². The predicted octanol–water partition coefficient (Wildman–Crippen LogP) is 2.13. The van der Waals surface area contributed by atoms with Gasteiger partial charge in [-0.1, -0.05) is 6.42 Å². The lowest BCUT2D eigenvalue weighted by molar-refractivity contribution is -0.189. The third kappa shape index (κ3) is 5.07. The van der Waals surface area contributed by atoms with E-state index in [9.17, 15) is 9.59 Å². The quantitative estimate of drug-likeness (QED) is 0.637. The molecule has 2 N–H and O–H groups in total. The standard InChI is InChI=1S/C17H22N2O6/c20-15(7-6-13-5-4-10-22-13)18-19-16(21)23-11-14-12-24-17(25-14)8-2-1-3-9-17/h4-7,10,14H,1-3,8-9,11-12H2,(H,18,20)(H,19,21). The molecule has 1 atom stereocenters. The largest absolute Gasteiger partial charge is 0.465 e. The molecule has 0 radical (unpaired) electrons. The Balaban J connectivity index is 1.32. The number of carbonyl (C=O) groups is 2. The van der Waals surface area contributed by atoms with Gasteiger partial charge in [-0.2, -0.15) is 0 Å². The number of ether oxygens (including phenoxy) is 3. The minimum atomic E-state index is -0.757. The maximum atomic E-state index is 11.6. The Kier molecular flexibility index (Phi) is 5.72. The fraction of sp³-hybridized carbons (Fsp3) is 0.529. The Hall–Kier alpha value is -2.32. The Bertz CT molecular complexity index is 607. The zero-order chi connectivity index (χ0) is 17.5. The van der Waals surface area contributed by atoms with Crippen molar-refractivity contribution in [1.82, 2.24) is 10.9 Å². The molecule has 8 nitrogen and oxygen atoms in total. The summed E-state index contributed by atoms with van der Waals surface area (Å²) >= 11 is 0. The van der Waals surface area contributed by atoms with Crippen LogP contribution in [0.2, 0.25) is 0 Å². The molecule has 25 heavy (non-hydrogen) atoms. The molecule has 3 rings (SSSR count). The zero-order valence-corrected chi connectivity index (χ0v) is 13.9. The third-order valence-electron chi connectivity index (χ3n) is 4.16. The predicted molar refractivity (Wildman–Crippen MR) is 87.0 cm³/mol. The molecular weight excluding hydrogens is 328 g/mol.